The van der Waals surface area contributed by atoms with Crippen molar-refractivity contribution in [3.05, 3.63) is 35.4 Å². The molecule has 108 valence electrons. The standard InChI is InChI=1S/C17H23NO2/c1-4-9-14(2)18(3)17(20)16-12-6-5-10-15(16)11-7-8-13-19/h5-6,10,12,14,19H,4,8-9,13H2,1-3H3. The second-order valence-corrected chi connectivity index (χ2v) is 4.87. The van der Waals surface area contributed by atoms with Gasteiger partial charge in [0.2, 0.25) is 0 Å². The van der Waals surface area contributed by atoms with Crippen LogP contribution in [0.25, 0.3) is 0 Å². The molecule has 0 spiro atoms. The molecular weight excluding hydrogens is 250 g/mol. The minimum absolute atomic E-state index is 0.000140. The summed E-state index contributed by atoms with van der Waals surface area (Å²) < 4.78 is 0. The Kier molecular flexibility index (Phi) is 6.83. The van der Waals surface area contributed by atoms with Crippen LogP contribution in [0.5, 0.6) is 0 Å². The molecule has 0 saturated carbocycles. The summed E-state index contributed by atoms with van der Waals surface area (Å²) in [5.41, 5.74) is 1.35. The van der Waals surface area contributed by atoms with E-state index in [4.69, 9.17) is 5.11 Å². The summed E-state index contributed by atoms with van der Waals surface area (Å²) in [4.78, 5) is 14.3. The van der Waals surface area contributed by atoms with Crippen molar-refractivity contribution >= 4 is 5.91 Å². The highest BCUT2D eigenvalue weighted by molar-refractivity contribution is 5.96. The fraction of sp³-hybridized carbons (Fsp3) is 0.471. The summed E-state index contributed by atoms with van der Waals surface area (Å²) in [6.45, 7) is 4.21. The maximum Gasteiger partial charge on any atom is 0.255 e. The van der Waals surface area contributed by atoms with Crippen molar-refractivity contribution in [3.63, 3.8) is 0 Å². The van der Waals surface area contributed by atoms with Crippen LogP contribution < -0.4 is 0 Å². The number of nitrogens with zero attached hydrogens (tertiary/aromatic N) is 1. The molecule has 0 aliphatic heterocycles. The zero-order valence-corrected chi connectivity index (χ0v) is 12.5. The van der Waals surface area contributed by atoms with E-state index in [0.717, 1.165) is 18.4 Å². The highest BCUT2D eigenvalue weighted by Gasteiger charge is 2.18. The lowest BCUT2D eigenvalue weighted by Crippen LogP contribution is -2.35. The smallest absolute Gasteiger partial charge is 0.255 e. The third-order valence-corrected chi connectivity index (χ3v) is 3.31. The van der Waals surface area contributed by atoms with Crippen LogP contribution in [0.1, 0.15) is 49.0 Å². The summed E-state index contributed by atoms with van der Waals surface area (Å²) >= 11 is 0. The third-order valence-electron chi connectivity index (χ3n) is 3.31. The van der Waals surface area contributed by atoms with Crippen LogP contribution in [0.15, 0.2) is 24.3 Å². The predicted octanol–water partition coefficient (Wildman–Crippen LogP) is 2.68. The molecule has 0 saturated heterocycles. The van der Waals surface area contributed by atoms with E-state index < -0.39 is 0 Å². The lowest BCUT2D eigenvalue weighted by molar-refractivity contribution is 0.0736. The van der Waals surface area contributed by atoms with Gasteiger partial charge in [-0.15, -0.1) is 0 Å². The van der Waals surface area contributed by atoms with Gasteiger partial charge in [0.1, 0.15) is 0 Å². The van der Waals surface area contributed by atoms with Crippen molar-refractivity contribution in [1.82, 2.24) is 4.90 Å². The number of rotatable bonds is 5. The van der Waals surface area contributed by atoms with Gasteiger partial charge in [0.05, 0.1) is 12.2 Å². The largest absolute Gasteiger partial charge is 0.395 e. The molecule has 1 unspecified atom stereocenters. The van der Waals surface area contributed by atoms with Gasteiger partial charge in [-0.05, 0) is 25.5 Å². The molecule has 0 radical (unpaired) electrons. The molecular formula is C17H23NO2. The van der Waals surface area contributed by atoms with Crippen molar-refractivity contribution in [1.29, 1.82) is 0 Å². The molecule has 3 heteroatoms. The molecule has 0 fully saturated rings. The first kappa shape index (κ1) is 16.3. The zero-order chi connectivity index (χ0) is 15.0. The van der Waals surface area contributed by atoms with Gasteiger partial charge < -0.3 is 10.0 Å². The summed E-state index contributed by atoms with van der Waals surface area (Å²) in [6, 6.07) is 7.58. The molecule has 0 aliphatic rings. The van der Waals surface area contributed by atoms with Crippen LogP contribution in [-0.4, -0.2) is 35.6 Å². The fourth-order valence-electron chi connectivity index (χ4n) is 1.99. The fourth-order valence-corrected chi connectivity index (χ4v) is 1.99. The van der Waals surface area contributed by atoms with E-state index in [9.17, 15) is 4.79 Å². The van der Waals surface area contributed by atoms with E-state index in [2.05, 4.69) is 25.7 Å². The molecule has 1 aromatic carbocycles. The zero-order valence-electron chi connectivity index (χ0n) is 12.5. The highest BCUT2D eigenvalue weighted by atomic mass is 16.2. The van der Waals surface area contributed by atoms with Crippen molar-refractivity contribution < 1.29 is 9.90 Å². The molecule has 0 aromatic heterocycles. The normalized spacial score (nSPS) is 11.4. The Morgan fingerprint density at radius 2 is 2.10 bits per heavy atom. The molecule has 0 heterocycles. The summed E-state index contributed by atoms with van der Waals surface area (Å²) in [5, 5.41) is 8.77. The average Bonchev–Trinajstić information content (AvgIpc) is 2.47. The van der Waals surface area contributed by atoms with E-state index in [0.29, 0.717) is 12.0 Å². The number of benzene rings is 1. The Hall–Kier alpha value is -1.79. The average molecular weight is 273 g/mol. The van der Waals surface area contributed by atoms with Crippen molar-refractivity contribution in [3.8, 4) is 11.8 Å². The van der Waals surface area contributed by atoms with E-state index in [1.165, 1.54) is 0 Å². The highest BCUT2D eigenvalue weighted by Crippen LogP contribution is 2.13. The molecule has 1 aromatic rings. The van der Waals surface area contributed by atoms with Crippen molar-refractivity contribution in [2.45, 2.75) is 39.2 Å². The number of carbonyl (C=O) groups excluding carboxylic acids is 1. The van der Waals surface area contributed by atoms with Crippen LogP contribution in [0, 0.1) is 11.8 Å². The van der Waals surface area contributed by atoms with Crippen molar-refractivity contribution in [2.75, 3.05) is 13.7 Å². The molecule has 20 heavy (non-hydrogen) atoms. The molecule has 1 amide bonds. The van der Waals surface area contributed by atoms with E-state index in [1.807, 2.05) is 25.2 Å². The van der Waals surface area contributed by atoms with Gasteiger partial charge in [-0.25, -0.2) is 0 Å². The summed E-state index contributed by atoms with van der Waals surface area (Å²) in [7, 11) is 1.83. The monoisotopic (exact) mass is 273 g/mol. The molecule has 3 nitrogen and oxygen atoms in total. The molecule has 0 bridgehead atoms. The lowest BCUT2D eigenvalue weighted by Gasteiger charge is -2.25. The van der Waals surface area contributed by atoms with E-state index >= 15 is 0 Å². The Labute approximate surface area is 121 Å². The first-order valence-corrected chi connectivity index (χ1v) is 7.07. The number of aliphatic hydroxyl groups excluding tert-OH is 1. The Morgan fingerprint density at radius 3 is 2.75 bits per heavy atom. The second kappa shape index (κ2) is 8.39. The number of amides is 1. The maximum atomic E-state index is 12.5. The van der Waals surface area contributed by atoms with E-state index in [1.54, 1.807) is 11.0 Å². The minimum Gasteiger partial charge on any atom is -0.395 e. The number of carbonyl (C=O) groups is 1. The van der Waals surface area contributed by atoms with Gasteiger partial charge in [0, 0.05) is 25.1 Å². The van der Waals surface area contributed by atoms with E-state index in [-0.39, 0.29) is 18.6 Å². The molecule has 1 atom stereocenters. The van der Waals surface area contributed by atoms with Crippen LogP contribution in [-0.2, 0) is 0 Å². The first-order valence-electron chi connectivity index (χ1n) is 7.07. The van der Waals surface area contributed by atoms with Crippen LogP contribution >= 0.6 is 0 Å². The number of aliphatic hydroxyl groups is 1. The minimum atomic E-state index is -0.000140. The SMILES string of the molecule is CCCC(C)N(C)C(=O)c1ccccc1C#CCCO. The van der Waals surface area contributed by atoms with Gasteiger partial charge in [-0.3, -0.25) is 4.79 Å². The topological polar surface area (TPSA) is 40.5 Å². The van der Waals surface area contributed by atoms with Gasteiger partial charge in [-0.1, -0.05) is 37.3 Å². The van der Waals surface area contributed by atoms with Gasteiger partial charge >= 0.3 is 0 Å². The molecule has 1 N–H and O–H groups in total. The first-order chi connectivity index (χ1) is 9.61. The predicted molar refractivity (Wildman–Crippen MR) is 81.5 cm³/mol. The maximum absolute atomic E-state index is 12.5. The van der Waals surface area contributed by atoms with Crippen LogP contribution in [0.4, 0.5) is 0 Å². The quantitative estimate of drug-likeness (QED) is 0.838. The Morgan fingerprint density at radius 1 is 1.40 bits per heavy atom. The van der Waals surface area contributed by atoms with Crippen LogP contribution in [0.3, 0.4) is 0 Å². The summed E-state index contributed by atoms with van der Waals surface area (Å²) in [6.07, 6.45) is 2.46. The Balaban J connectivity index is 2.96. The van der Waals surface area contributed by atoms with Crippen LogP contribution in [0.2, 0.25) is 0 Å². The third kappa shape index (κ3) is 4.40. The van der Waals surface area contributed by atoms with Gasteiger partial charge in [0.15, 0.2) is 0 Å². The summed E-state index contributed by atoms with van der Waals surface area (Å²) in [5.74, 6) is 5.83. The van der Waals surface area contributed by atoms with Gasteiger partial charge in [-0.2, -0.15) is 0 Å². The van der Waals surface area contributed by atoms with Crippen molar-refractivity contribution in [2.24, 2.45) is 0 Å². The Bertz CT molecular complexity index is 499. The van der Waals surface area contributed by atoms with Gasteiger partial charge in [0.25, 0.3) is 5.91 Å². The lowest BCUT2D eigenvalue weighted by atomic mass is 10.0. The molecule has 0 aliphatic carbocycles. The second-order valence-electron chi connectivity index (χ2n) is 4.87. The number of hydrogen-bond acceptors (Lipinski definition) is 2. The number of hydrogen-bond donors (Lipinski definition) is 1. The molecule has 1 rings (SSSR count).